The number of rotatable bonds is 5. The minimum absolute atomic E-state index is 0.336. The van der Waals surface area contributed by atoms with Gasteiger partial charge in [0.25, 0.3) is 0 Å². The van der Waals surface area contributed by atoms with E-state index in [9.17, 15) is 8.42 Å². The summed E-state index contributed by atoms with van der Waals surface area (Å²) in [5.74, 6) is 1.65. The Hall–Kier alpha value is -0.910. The van der Waals surface area contributed by atoms with E-state index in [0.717, 1.165) is 23.9 Å². The SMILES string of the molecule is CNS(=O)(=O)c1cccc(CN[C@@H]2[C@@H]3CCCC[C@@H]3C2(C)C)c1. The molecule has 0 spiro atoms. The molecular formula is C18H28N2O2S. The van der Waals surface area contributed by atoms with Crippen LogP contribution in [-0.4, -0.2) is 21.5 Å². The molecule has 0 saturated heterocycles. The van der Waals surface area contributed by atoms with E-state index >= 15 is 0 Å². The van der Waals surface area contributed by atoms with E-state index < -0.39 is 10.0 Å². The Morgan fingerprint density at radius 2 is 1.96 bits per heavy atom. The number of nitrogens with one attached hydrogen (secondary N) is 2. The lowest BCUT2D eigenvalue weighted by atomic mass is 9.48. The van der Waals surface area contributed by atoms with Crippen LogP contribution in [0.25, 0.3) is 0 Å². The van der Waals surface area contributed by atoms with Gasteiger partial charge in [-0.05, 0) is 54.8 Å². The Morgan fingerprint density at radius 3 is 2.70 bits per heavy atom. The largest absolute Gasteiger partial charge is 0.309 e. The van der Waals surface area contributed by atoms with Crippen LogP contribution in [0.4, 0.5) is 0 Å². The monoisotopic (exact) mass is 336 g/mol. The highest BCUT2D eigenvalue weighted by Crippen LogP contribution is 2.57. The van der Waals surface area contributed by atoms with E-state index in [2.05, 4.69) is 23.9 Å². The zero-order chi connectivity index (χ0) is 16.7. The Kier molecular flexibility index (Phi) is 4.55. The van der Waals surface area contributed by atoms with Gasteiger partial charge in [-0.2, -0.15) is 0 Å². The highest BCUT2D eigenvalue weighted by Gasteiger charge is 2.55. The molecule has 0 amide bonds. The molecule has 1 aromatic rings. The summed E-state index contributed by atoms with van der Waals surface area (Å²) in [6, 6.07) is 7.75. The van der Waals surface area contributed by atoms with Gasteiger partial charge in [0.15, 0.2) is 0 Å². The summed E-state index contributed by atoms with van der Waals surface area (Å²) in [5.41, 5.74) is 1.37. The summed E-state index contributed by atoms with van der Waals surface area (Å²) in [6.07, 6.45) is 5.43. The number of sulfonamides is 1. The van der Waals surface area contributed by atoms with Crippen LogP contribution in [0.2, 0.25) is 0 Å². The molecule has 128 valence electrons. The number of hydrogen-bond donors (Lipinski definition) is 2. The van der Waals surface area contributed by atoms with Crippen LogP contribution in [0, 0.1) is 17.3 Å². The Balaban J connectivity index is 1.68. The second-order valence-electron chi connectivity index (χ2n) is 7.59. The van der Waals surface area contributed by atoms with Gasteiger partial charge in [-0.25, -0.2) is 13.1 Å². The van der Waals surface area contributed by atoms with Crippen molar-refractivity contribution in [2.45, 2.75) is 57.0 Å². The lowest BCUT2D eigenvalue weighted by molar-refractivity contribution is -0.0882. The van der Waals surface area contributed by atoms with E-state index in [1.54, 1.807) is 12.1 Å². The fraction of sp³-hybridized carbons (Fsp3) is 0.667. The van der Waals surface area contributed by atoms with E-state index in [-0.39, 0.29) is 0 Å². The molecule has 0 radical (unpaired) electrons. The summed E-state index contributed by atoms with van der Waals surface area (Å²) >= 11 is 0. The minimum Gasteiger partial charge on any atom is -0.309 e. The van der Waals surface area contributed by atoms with Crippen molar-refractivity contribution in [2.75, 3.05) is 7.05 Å². The lowest BCUT2D eigenvalue weighted by Crippen LogP contribution is -2.64. The molecule has 0 bridgehead atoms. The van der Waals surface area contributed by atoms with Crippen LogP contribution in [0.5, 0.6) is 0 Å². The topological polar surface area (TPSA) is 58.2 Å². The Morgan fingerprint density at radius 1 is 1.22 bits per heavy atom. The summed E-state index contributed by atoms with van der Waals surface area (Å²) < 4.78 is 26.2. The van der Waals surface area contributed by atoms with E-state index in [4.69, 9.17) is 0 Å². The van der Waals surface area contributed by atoms with Crippen LogP contribution < -0.4 is 10.0 Å². The van der Waals surface area contributed by atoms with Crippen molar-refractivity contribution in [3.05, 3.63) is 29.8 Å². The summed E-state index contributed by atoms with van der Waals surface area (Å²) in [5, 5.41) is 3.71. The first kappa shape index (κ1) is 16.9. The van der Waals surface area contributed by atoms with Gasteiger partial charge in [0.1, 0.15) is 0 Å². The van der Waals surface area contributed by atoms with Gasteiger partial charge in [-0.1, -0.05) is 38.8 Å². The zero-order valence-corrected chi connectivity index (χ0v) is 15.1. The third-order valence-corrected chi connectivity index (χ3v) is 7.42. The van der Waals surface area contributed by atoms with Crippen molar-refractivity contribution in [1.82, 2.24) is 10.0 Å². The van der Waals surface area contributed by atoms with Crippen LogP contribution in [0.15, 0.2) is 29.2 Å². The predicted molar refractivity (Wildman–Crippen MR) is 92.5 cm³/mol. The molecule has 2 aliphatic carbocycles. The molecule has 2 aliphatic rings. The van der Waals surface area contributed by atoms with E-state index in [1.165, 1.54) is 32.7 Å². The Labute approximate surface area is 140 Å². The molecule has 2 fully saturated rings. The second kappa shape index (κ2) is 6.19. The van der Waals surface area contributed by atoms with Gasteiger partial charge in [0.05, 0.1) is 4.90 Å². The summed E-state index contributed by atoms with van der Waals surface area (Å²) in [4.78, 5) is 0.336. The molecule has 0 unspecified atom stereocenters. The molecule has 4 nitrogen and oxygen atoms in total. The van der Waals surface area contributed by atoms with E-state index in [1.807, 2.05) is 12.1 Å². The zero-order valence-electron chi connectivity index (χ0n) is 14.3. The fourth-order valence-corrected chi connectivity index (χ4v) is 5.53. The summed E-state index contributed by atoms with van der Waals surface area (Å²) in [6.45, 7) is 5.47. The van der Waals surface area contributed by atoms with Gasteiger partial charge in [-0.3, -0.25) is 0 Å². The van der Waals surface area contributed by atoms with Crippen molar-refractivity contribution in [2.24, 2.45) is 17.3 Å². The molecular weight excluding hydrogens is 308 g/mol. The van der Waals surface area contributed by atoms with Crippen molar-refractivity contribution in [3.8, 4) is 0 Å². The average molecular weight is 337 g/mol. The normalized spacial score (nSPS) is 29.6. The highest BCUT2D eigenvalue weighted by molar-refractivity contribution is 7.89. The maximum absolute atomic E-state index is 11.9. The predicted octanol–water partition coefficient (Wildman–Crippen LogP) is 2.90. The minimum atomic E-state index is -3.37. The second-order valence-corrected chi connectivity index (χ2v) is 9.48. The number of hydrogen-bond acceptors (Lipinski definition) is 3. The molecule has 3 atom stereocenters. The molecule has 2 saturated carbocycles. The molecule has 5 heteroatoms. The molecule has 0 heterocycles. The van der Waals surface area contributed by atoms with Crippen molar-refractivity contribution < 1.29 is 8.42 Å². The van der Waals surface area contributed by atoms with Crippen LogP contribution >= 0.6 is 0 Å². The van der Waals surface area contributed by atoms with Crippen molar-refractivity contribution in [3.63, 3.8) is 0 Å². The maximum atomic E-state index is 11.9. The lowest BCUT2D eigenvalue weighted by Gasteiger charge is -2.61. The quantitative estimate of drug-likeness (QED) is 0.869. The third-order valence-electron chi connectivity index (χ3n) is 6.01. The average Bonchev–Trinajstić information content (AvgIpc) is 2.55. The molecule has 23 heavy (non-hydrogen) atoms. The molecule has 0 aromatic heterocycles. The molecule has 2 N–H and O–H groups in total. The first-order chi connectivity index (χ1) is 10.9. The highest BCUT2D eigenvalue weighted by atomic mass is 32.2. The van der Waals surface area contributed by atoms with Crippen LogP contribution in [0.3, 0.4) is 0 Å². The Bertz CT molecular complexity index is 669. The van der Waals surface area contributed by atoms with Crippen molar-refractivity contribution in [1.29, 1.82) is 0 Å². The first-order valence-electron chi connectivity index (χ1n) is 8.62. The molecule has 3 rings (SSSR count). The van der Waals surface area contributed by atoms with Crippen LogP contribution in [-0.2, 0) is 16.6 Å². The van der Waals surface area contributed by atoms with Crippen molar-refractivity contribution >= 4 is 10.0 Å². The van der Waals surface area contributed by atoms with Gasteiger partial charge < -0.3 is 5.32 Å². The fourth-order valence-electron chi connectivity index (χ4n) is 4.73. The number of benzene rings is 1. The van der Waals surface area contributed by atoms with Gasteiger partial charge in [-0.15, -0.1) is 0 Å². The molecule has 0 aliphatic heterocycles. The van der Waals surface area contributed by atoms with E-state index in [0.29, 0.717) is 16.4 Å². The standard InChI is InChI=1S/C18H28N2O2S/c1-18(2)16-10-5-4-9-15(16)17(18)20-12-13-7-6-8-14(11-13)23(21,22)19-3/h6-8,11,15-17,19-20H,4-5,9-10,12H2,1-3H3/t15-,16+,17-/m1/s1. The third kappa shape index (κ3) is 3.06. The van der Waals surface area contributed by atoms with Gasteiger partial charge >= 0.3 is 0 Å². The molecule has 1 aromatic carbocycles. The maximum Gasteiger partial charge on any atom is 0.240 e. The number of fused-ring (bicyclic) bond motifs is 1. The first-order valence-corrected chi connectivity index (χ1v) is 10.1. The smallest absolute Gasteiger partial charge is 0.240 e. The van der Waals surface area contributed by atoms with Crippen LogP contribution in [0.1, 0.15) is 45.1 Å². The van der Waals surface area contributed by atoms with Gasteiger partial charge in [0, 0.05) is 12.6 Å². The van der Waals surface area contributed by atoms with Gasteiger partial charge in [0.2, 0.25) is 10.0 Å². The summed E-state index contributed by atoms with van der Waals surface area (Å²) in [7, 11) is -1.93.